The maximum absolute atomic E-state index is 6.13. The number of unbranched alkanes of at least 4 members (excludes halogenated alkanes) is 1. The van der Waals surface area contributed by atoms with Gasteiger partial charge in [0.2, 0.25) is 0 Å². The van der Waals surface area contributed by atoms with Crippen molar-refractivity contribution in [2.75, 3.05) is 20.3 Å². The average Bonchev–Trinajstić information content (AvgIpc) is 2.49. The Labute approximate surface area is 102 Å². The Kier molecular flexibility index (Phi) is 5.80. The second-order valence-corrected chi connectivity index (χ2v) is 4.22. The van der Waals surface area contributed by atoms with Crippen molar-refractivity contribution >= 4 is 11.6 Å². The van der Waals surface area contributed by atoms with E-state index >= 15 is 0 Å². The Morgan fingerprint density at radius 3 is 2.75 bits per heavy atom. The predicted molar refractivity (Wildman–Crippen MR) is 65.8 cm³/mol. The van der Waals surface area contributed by atoms with Crippen LogP contribution >= 0.6 is 11.6 Å². The molecule has 0 aliphatic carbocycles. The monoisotopic (exact) mass is 245 g/mol. The second-order valence-electron chi connectivity index (χ2n) is 3.85. The van der Waals surface area contributed by atoms with Gasteiger partial charge in [-0.3, -0.25) is 4.68 Å². The van der Waals surface area contributed by atoms with Crippen LogP contribution in [0.3, 0.4) is 0 Å². The number of methoxy groups -OCH3 is 1. The van der Waals surface area contributed by atoms with Gasteiger partial charge in [-0.1, -0.05) is 11.6 Å². The van der Waals surface area contributed by atoms with E-state index in [1.165, 1.54) is 0 Å². The van der Waals surface area contributed by atoms with Gasteiger partial charge in [-0.25, -0.2) is 0 Å². The molecular formula is C11H20ClN3O. The van der Waals surface area contributed by atoms with E-state index in [1.54, 1.807) is 7.11 Å². The zero-order chi connectivity index (χ0) is 12.0. The van der Waals surface area contributed by atoms with Crippen LogP contribution in [0.5, 0.6) is 0 Å². The van der Waals surface area contributed by atoms with Crippen molar-refractivity contribution in [3.63, 3.8) is 0 Å². The fraction of sp³-hybridized carbons (Fsp3) is 0.727. The lowest BCUT2D eigenvalue weighted by Crippen LogP contribution is -2.17. The lowest BCUT2D eigenvalue weighted by atomic mass is 10.3. The summed E-state index contributed by atoms with van der Waals surface area (Å²) >= 11 is 6.13. The van der Waals surface area contributed by atoms with Crippen LogP contribution in [-0.2, 0) is 18.3 Å². The van der Waals surface area contributed by atoms with Crippen LogP contribution in [-0.4, -0.2) is 30.0 Å². The highest BCUT2D eigenvalue weighted by molar-refractivity contribution is 6.31. The van der Waals surface area contributed by atoms with Crippen LogP contribution in [0, 0.1) is 6.92 Å². The van der Waals surface area contributed by atoms with Gasteiger partial charge in [-0.15, -0.1) is 0 Å². The first-order valence-electron chi connectivity index (χ1n) is 5.54. The minimum absolute atomic E-state index is 0.767. The highest BCUT2D eigenvalue weighted by atomic mass is 35.5. The molecule has 0 radical (unpaired) electrons. The number of rotatable bonds is 7. The van der Waals surface area contributed by atoms with Crippen LogP contribution < -0.4 is 5.32 Å². The van der Waals surface area contributed by atoms with Crippen LogP contribution in [0.1, 0.15) is 24.2 Å². The molecule has 4 nitrogen and oxygen atoms in total. The third-order valence-corrected chi connectivity index (χ3v) is 3.00. The van der Waals surface area contributed by atoms with Crippen LogP contribution in [0.2, 0.25) is 5.02 Å². The number of hydrogen-bond donors (Lipinski definition) is 1. The maximum Gasteiger partial charge on any atom is 0.0860 e. The molecule has 0 fully saturated rings. The molecule has 0 atom stereocenters. The lowest BCUT2D eigenvalue weighted by molar-refractivity contribution is 0.192. The van der Waals surface area contributed by atoms with E-state index in [-0.39, 0.29) is 0 Å². The van der Waals surface area contributed by atoms with E-state index in [0.717, 1.165) is 48.9 Å². The SMILES string of the molecule is COCCCCNCc1c(Cl)c(C)nn1C. The van der Waals surface area contributed by atoms with Crippen molar-refractivity contribution in [1.82, 2.24) is 15.1 Å². The molecule has 1 aromatic rings. The second kappa shape index (κ2) is 6.89. The summed E-state index contributed by atoms with van der Waals surface area (Å²) < 4.78 is 6.82. The molecule has 0 saturated heterocycles. The van der Waals surface area contributed by atoms with E-state index in [4.69, 9.17) is 16.3 Å². The van der Waals surface area contributed by atoms with Crippen molar-refractivity contribution in [3.8, 4) is 0 Å². The minimum Gasteiger partial charge on any atom is -0.385 e. The van der Waals surface area contributed by atoms with Gasteiger partial charge in [-0.2, -0.15) is 5.10 Å². The molecular weight excluding hydrogens is 226 g/mol. The Balaban J connectivity index is 2.26. The summed E-state index contributed by atoms with van der Waals surface area (Å²) in [7, 11) is 3.65. The van der Waals surface area contributed by atoms with Crippen molar-refractivity contribution < 1.29 is 4.74 Å². The van der Waals surface area contributed by atoms with Gasteiger partial charge in [0.05, 0.1) is 16.4 Å². The van der Waals surface area contributed by atoms with E-state index in [1.807, 2.05) is 18.7 Å². The fourth-order valence-electron chi connectivity index (χ4n) is 1.58. The quantitative estimate of drug-likeness (QED) is 0.746. The van der Waals surface area contributed by atoms with Gasteiger partial charge in [0, 0.05) is 27.3 Å². The summed E-state index contributed by atoms with van der Waals surface area (Å²) in [5, 5.41) is 8.39. The summed E-state index contributed by atoms with van der Waals surface area (Å²) in [5.74, 6) is 0. The van der Waals surface area contributed by atoms with Crippen LogP contribution in [0.4, 0.5) is 0 Å². The molecule has 0 saturated carbocycles. The third kappa shape index (κ3) is 3.77. The number of ether oxygens (including phenoxy) is 1. The zero-order valence-electron chi connectivity index (χ0n) is 10.2. The van der Waals surface area contributed by atoms with Gasteiger partial charge in [0.25, 0.3) is 0 Å². The molecule has 1 aromatic heterocycles. The van der Waals surface area contributed by atoms with Crippen molar-refractivity contribution in [2.24, 2.45) is 7.05 Å². The van der Waals surface area contributed by atoms with Crippen LogP contribution in [0.25, 0.3) is 0 Å². The molecule has 1 rings (SSSR count). The number of aromatic nitrogens is 2. The van der Waals surface area contributed by atoms with E-state index in [0.29, 0.717) is 0 Å². The Morgan fingerprint density at radius 2 is 2.19 bits per heavy atom. The Morgan fingerprint density at radius 1 is 1.44 bits per heavy atom. The lowest BCUT2D eigenvalue weighted by Gasteiger charge is -2.05. The first-order chi connectivity index (χ1) is 7.66. The maximum atomic E-state index is 6.13. The molecule has 1 N–H and O–H groups in total. The standard InChI is InChI=1S/C11H20ClN3O/c1-9-11(12)10(15(2)14-9)8-13-6-4-5-7-16-3/h13H,4-8H2,1-3H3. The van der Waals surface area contributed by atoms with Gasteiger partial charge in [0.1, 0.15) is 0 Å². The van der Waals surface area contributed by atoms with Crippen molar-refractivity contribution in [3.05, 3.63) is 16.4 Å². The molecule has 0 aromatic carbocycles. The summed E-state index contributed by atoms with van der Waals surface area (Å²) in [6.45, 7) is 4.49. The number of nitrogens with one attached hydrogen (secondary N) is 1. The molecule has 0 aliphatic rings. The largest absolute Gasteiger partial charge is 0.385 e. The number of aryl methyl sites for hydroxylation is 2. The third-order valence-electron chi connectivity index (χ3n) is 2.51. The number of hydrogen-bond acceptors (Lipinski definition) is 3. The fourth-order valence-corrected chi connectivity index (χ4v) is 1.80. The van der Waals surface area contributed by atoms with Crippen molar-refractivity contribution in [1.29, 1.82) is 0 Å². The van der Waals surface area contributed by atoms with E-state index in [9.17, 15) is 0 Å². The summed E-state index contributed by atoms with van der Waals surface area (Å²) in [6.07, 6.45) is 2.20. The first-order valence-corrected chi connectivity index (χ1v) is 5.92. The van der Waals surface area contributed by atoms with Gasteiger partial charge in [-0.05, 0) is 26.3 Å². The average molecular weight is 246 g/mol. The smallest absolute Gasteiger partial charge is 0.0860 e. The van der Waals surface area contributed by atoms with Gasteiger partial charge >= 0.3 is 0 Å². The van der Waals surface area contributed by atoms with Crippen molar-refractivity contribution in [2.45, 2.75) is 26.3 Å². The molecule has 0 spiro atoms. The summed E-state index contributed by atoms with van der Waals surface area (Å²) in [4.78, 5) is 0. The number of halogens is 1. The molecule has 0 aliphatic heterocycles. The van der Waals surface area contributed by atoms with Gasteiger partial charge in [0.15, 0.2) is 0 Å². The van der Waals surface area contributed by atoms with Gasteiger partial charge < -0.3 is 10.1 Å². The van der Waals surface area contributed by atoms with E-state index < -0.39 is 0 Å². The van der Waals surface area contributed by atoms with Crippen LogP contribution in [0.15, 0.2) is 0 Å². The minimum atomic E-state index is 0.767. The summed E-state index contributed by atoms with van der Waals surface area (Å²) in [5.41, 5.74) is 1.94. The Hall–Kier alpha value is -0.580. The molecule has 92 valence electrons. The number of nitrogens with zero attached hydrogens (tertiary/aromatic N) is 2. The highest BCUT2D eigenvalue weighted by Gasteiger charge is 2.09. The molecule has 0 amide bonds. The molecule has 1 heterocycles. The zero-order valence-corrected chi connectivity index (χ0v) is 11.0. The first kappa shape index (κ1) is 13.5. The molecule has 16 heavy (non-hydrogen) atoms. The molecule has 5 heteroatoms. The van der Waals surface area contributed by atoms with E-state index in [2.05, 4.69) is 10.4 Å². The Bertz CT molecular complexity index is 325. The normalized spacial score (nSPS) is 11.0. The molecule has 0 unspecified atom stereocenters. The summed E-state index contributed by atoms with van der Waals surface area (Å²) in [6, 6.07) is 0. The molecule has 0 bridgehead atoms. The highest BCUT2D eigenvalue weighted by Crippen LogP contribution is 2.18. The topological polar surface area (TPSA) is 39.1 Å². The predicted octanol–water partition coefficient (Wildman–Crippen LogP) is 1.90.